The SMILES string of the molecule is Cc1c(Cl)cccc1-n1nc(C(=O)Nc2ccc3ccccc3c2)nc1-c1ccccc1. The van der Waals surface area contributed by atoms with Crippen molar-refractivity contribution in [2.24, 2.45) is 0 Å². The maximum absolute atomic E-state index is 13.1. The molecule has 0 radical (unpaired) electrons. The van der Waals surface area contributed by atoms with E-state index in [-0.39, 0.29) is 11.7 Å². The molecule has 1 aromatic heterocycles. The first-order chi connectivity index (χ1) is 15.6. The topological polar surface area (TPSA) is 59.8 Å². The zero-order valence-corrected chi connectivity index (χ0v) is 18.0. The highest BCUT2D eigenvalue weighted by atomic mass is 35.5. The van der Waals surface area contributed by atoms with Crippen LogP contribution in [0.3, 0.4) is 0 Å². The van der Waals surface area contributed by atoms with Crippen LogP contribution in [-0.4, -0.2) is 20.7 Å². The number of benzene rings is 4. The number of nitrogens with zero attached hydrogens (tertiary/aromatic N) is 3. The van der Waals surface area contributed by atoms with Crippen molar-refractivity contribution in [2.45, 2.75) is 6.92 Å². The van der Waals surface area contributed by atoms with Crippen LogP contribution in [-0.2, 0) is 0 Å². The maximum Gasteiger partial charge on any atom is 0.295 e. The molecule has 0 fully saturated rings. The van der Waals surface area contributed by atoms with E-state index in [9.17, 15) is 4.79 Å². The number of amides is 1. The summed E-state index contributed by atoms with van der Waals surface area (Å²) >= 11 is 6.35. The van der Waals surface area contributed by atoms with Crippen molar-refractivity contribution in [1.29, 1.82) is 0 Å². The Balaban J connectivity index is 1.56. The van der Waals surface area contributed by atoms with E-state index in [0.717, 1.165) is 27.6 Å². The maximum atomic E-state index is 13.1. The molecule has 1 amide bonds. The van der Waals surface area contributed by atoms with Crippen LogP contribution in [0.1, 0.15) is 16.2 Å². The summed E-state index contributed by atoms with van der Waals surface area (Å²) in [4.78, 5) is 17.6. The second-order valence-corrected chi connectivity index (χ2v) is 7.84. The molecule has 5 nitrogen and oxygen atoms in total. The summed E-state index contributed by atoms with van der Waals surface area (Å²) in [6, 6.07) is 29.0. The van der Waals surface area contributed by atoms with Gasteiger partial charge < -0.3 is 5.32 Å². The van der Waals surface area contributed by atoms with Crippen molar-refractivity contribution in [1.82, 2.24) is 14.8 Å². The van der Waals surface area contributed by atoms with Crippen LogP contribution in [0.25, 0.3) is 27.8 Å². The molecule has 32 heavy (non-hydrogen) atoms. The number of anilines is 1. The van der Waals surface area contributed by atoms with Gasteiger partial charge in [0.15, 0.2) is 5.82 Å². The molecule has 0 saturated carbocycles. The fraction of sp³-hybridized carbons (Fsp3) is 0.0385. The summed E-state index contributed by atoms with van der Waals surface area (Å²) in [6.45, 7) is 1.92. The summed E-state index contributed by atoms with van der Waals surface area (Å²) in [6.07, 6.45) is 0. The fourth-order valence-electron chi connectivity index (χ4n) is 3.63. The smallest absolute Gasteiger partial charge is 0.295 e. The van der Waals surface area contributed by atoms with Crippen molar-refractivity contribution < 1.29 is 4.79 Å². The third-order valence-electron chi connectivity index (χ3n) is 5.32. The number of nitrogens with one attached hydrogen (secondary N) is 1. The first kappa shape index (κ1) is 20.0. The molecule has 4 aromatic carbocycles. The van der Waals surface area contributed by atoms with E-state index in [1.807, 2.05) is 97.9 Å². The molecule has 0 aliphatic rings. The lowest BCUT2D eigenvalue weighted by Gasteiger charge is -2.10. The monoisotopic (exact) mass is 438 g/mol. The molecule has 5 aromatic rings. The Hall–Kier alpha value is -3.96. The zero-order chi connectivity index (χ0) is 22.1. The van der Waals surface area contributed by atoms with Gasteiger partial charge >= 0.3 is 0 Å². The van der Waals surface area contributed by atoms with E-state index < -0.39 is 0 Å². The lowest BCUT2D eigenvalue weighted by atomic mass is 10.1. The minimum Gasteiger partial charge on any atom is -0.319 e. The second kappa shape index (κ2) is 8.29. The van der Waals surface area contributed by atoms with Gasteiger partial charge in [-0.15, -0.1) is 5.10 Å². The molecule has 0 saturated heterocycles. The number of halogens is 1. The van der Waals surface area contributed by atoms with Gasteiger partial charge in [0.25, 0.3) is 5.91 Å². The number of hydrogen-bond donors (Lipinski definition) is 1. The van der Waals surface area contributed by atoms with E-state index >= 15 is 0 Å². The summed E-state index contributed by atoms with van der Waals surface area (Å²) in [5, 5.41) is 10.2. The highest BCUT2D eigenvalue weighted by molar-refractivity contribution is 6.31. The fourth-order valence-corrected chi connectivity index (χ4v) is 3.80. The molecular formula is C26H19ClN4O. The molecular weight excluding hydrogens is 420 g/mol. The van der Waals surface area contributed by atoms with Crippen LogP contribution in [0, 0.1) is 6.92 Å². The van der Waals surface area contributed by atoms with E-state index in [0.29, 0.717) is 16.5 Å². The number of hydrogen-bond acceptors (Lipinski definition) is 3. The first-order valence-electron chi connectivity index (χ1n) is 10.2. The van der Waals surface area contributed by atoms with E-state index in [2.05, 4.69) is 15.4 Å². The van der Waals surface area contributed by atoms with Crippen LogP contribution in [0.5, 0.6) is 0 Å². The Morgan fingerprint density at radius 2 is 1.62 bits per heavy atom. The van der Waals surface area contributed by atoms with Gasteiger partial charge in [-0.25, -0.2) is 9.67 Å². The quantitative estimate of drug-likeness (QED) is 0.358. The Morgan fingerprint density at radius 1 is 0.875 bits per heavy atom. The van der Waals surface area contributed by atoms with Crippen molar-refractivity contribution >= 4 is 34.0 Å². The predicted molar refractivity (Wildman–Crippen MR) is 128 cm³/mol. The summed E-state index contributed by atoms with van der Waals surface area (Å²) in [7, 11) is 0. The first-order valence-corrected chi connectivity index (χ1v) is 10.6. The largest absolute Gasteiger partial charge is 0.319 e. The highest BCUT2D eigenvalue weighted by Gasteiger charge is 2.20. The predicted octanol–water partition coefficient (Wildman–Crippen LogP) is 6.30. The van der Waals surface area contributed by atoms with E-state index in [4.69, 9.17) is 11.6 Å². The molecule has 0 aliphatic carbocycles. The van der Waals surface area contributed by atoms with Crippen LogP contribution in [0.15, 0.2) is 91.0 Å². The average Bonchev–Trinajstić information content (AvgIpc) is 3.27. The van der Waals surface area contributed by atoms with Crippen molar-refractivity contribution in [3.8, 4) is 17.1 Å². The van der Waals surface area contributed by atoms with Crippen LogP contribution in [0.2, 0.25) is 5.02 Å². The molecule has 0 aliphatic heterocycles. The van der Waals surface area contributed by atoms with Crippen LogP contribution in [0.4, 0.5) is 5.69 Å². The summed E-state index contributed by atoms with van der Waals surface area (Å²) in [5.41, 5.74) is 3.17. The molecule has 5 rings (SSSR count). The van der Waals surface area contributed by atoms with Gasteiger partial charge in [0.2, 0.25) is 5.82 Å². The van der Waals surface area contributed by atoms with Crippen molar-refractivity contribution in [3.63, 3.8) is 0 Å². The minimum atomic E-state index is -0.379. The Bertz CT molecular complexity index is 1440. The third-order valence-corrected chi connectivity index (χ3v) is 5.73. The molecule has 156 valence electrons. The number of fused-ring (bicyclic) bond motifs is 1. The molecule has 1 heterocycles. The van der Waals surface area contributed by atoms with Gasteiger partial charge in [-0.2, -0.15) is 0 Å². The van der Waals surface area contributed by atoms with Gasteiger partial charge in [0.05, 0.1) is 5.69 Å². The number of rotatable bonds is 4. The molecule has 0 bridgehead atoms. The number of carbonyl (C=O) groups is 1. The summed E-state index contributed by atoms with van der Waals surface area (Å²) < 4.78 is 1.67. The number of carbonyl (C=O) groups excluding carboxylic acids is 1. The van der Waals surface area contributed by atoms with Gasteiger partial charge in [-0.3, -0.25) is 4.79 Å². The van der Waals surface area contributed by atoms with Gasteiger partial charge in [-0.05, 0) is 47.5 Å². The second-order valence-electron chi connectivity index (χ2n) is 7.44. The van der Waals surface area contributed by atoms with Gasteiger partial charge in [0, 0.05) is 16.3 Å². The Kier molecular flexibility index (Phi) is 5.17. The van der Waals surface area contributed by atoms with Crippen LogP contribution < -0.4 is 5.32 Å². The molecule has 1 N–H and O–H groups in total. The Morgan fingerprint density at radius 3 is 2.44 bits per heavy atom. The summed E-state index contributed by atoms with van der Waals surface area (Å²) in [5.74, 6) is 0.270. The highest BCUT2D eigenvalue weighted by Crippen LogP contribution is 2.27. The average molecular weight is 439 g/mol. The number of aromatic nitrogens is 3. The molecule has 0 atom stereocenters. The van der Waals surface area contributed by atoms with Crippen LogP contribution >= 0.6 is 11.6 Å². The lowest BCUT2D eigenvalue weighted by Crippen LogP contribution is -2.14. The van der Waals surface area contributed by atoms with Gasteiger partial charge in [-0.1, -0.05) is 78.3 Å². The van der Waals surface area contributed by atoms with Crippen molar-refractivity contribution in [2.75, 3.05) is 5.32 Å². The van der Waals surface area contributed by atoms with E-state index in [1.54, 1.807) is 4.68 Å². The van der Waals surface area contributed by atoms with Gasteiger partial charge in [0.1, 0.15) is 0 Å². The standard InChI is InChI=1S/C26H19ClN4O/c1-17-22(27)12-7-13-23(17)31-25(19-9-3-2-4-10-19)29-24(30-31)26(32)28-21-15-14-18-8-5-6-11-20(18)16-21/h2-16H,1H3,(H,28,32). The Labute approximate surface area is 190 Å². The minimum absolute atomic E-state index is 0.0800. The lowest BCUT2D eigenvalue weighted by molar-refractivity contribution is 0.101. The van der Waals surface area contributed by atoms with E-state index in [1.165, 1.54) is 0 Å². The van der Waals surface area contributed by atoms with Crippen molar-refractivity contribution in [3.05, 3.63) is 107 Å². The molecule has 6 heteroatoms. The zero-order valence-electron chi connectivity index (χ0n) is 17.3. The normalized spacial score (nSPS) is 10.9. The molecule has 0 spiro atoms. The molecule has 0 unspecified atom stereocenters. The third kappa shape index (κ3) is 3.74.